The molecule has 0 bridgehead atoms. The molecule has 0 heterocycles. The fourth-order valence-corrected chi connectivity index (χ4v) is 2.14. The van der Waals surface area contributed by atoms with E-state index in [-0.39, 0.29) is 45.2 Å². The Labute approximate surface area is 151 Å². The summed E-state index contributed by atoms with van der Waals surface area (Å²) < 4.78 is 10.8. The molecule has 0 aromatic rings. The number of hydrogen-bond acceptors (Lipinski definition) is 6. The highest BCUT2D eigenvalue weighted by Gasteiger charge is 2.29. The lowest BCUT2D eigenvalue weighted by molar-refractivity contribution is -0.156. The number of carbonyl (C=O) groups excluding carboxylic acids is 1. The number of rotatable bonds is 13. The molecular formula is C14H25N9O3. The lowest BCUT2D eigenvalue weighted by atomic mass is 9.84. The number of azide groups is 3. The average Bonchev–Trinajstić information content (AvgIpc) is 2.57. The second kappa shape index (κ2) is 12.7. The van der Waals surface area contributed by atoms with E-state index in [9.17, 15) is 4.79 Å². The van der Waals surface area contributed by atoms with E-state index in [1.165, 1.54) is 0 Å². The summed E-state index contributed by atoms with van der Waals surface area (Å²) in [6.07, 6.45) is 1.06. The van der Waals surface area contributed by atoms with Crippen LogP contribution in [-0.2, 0) is 14.3 Å². The first-order chi connectivity index (χ1) is 12.3. The van der Waals surface area contributed by atoms with Gasteiger partial charge in [-0.1, -0.05) is 15.3 Å². The molecule has 0 N–H and O–H groups in total. The normalized spacial score (nSPS) is 12.7. The van der Waals surface area contributed by atoms with Crippen molar-refractivity contribution in [1.29, 1.82) is 0 Å². The Morgan fingerprint density at radius 3 is 2.08 bits per heavy atom. The standard InChI is InChI=1S/C14H25N9O3/c1-13(2,3)26-12(24)5-8-25-11-14(9-19-22-16,10-20-23-17)6-4-7-18-21-15/h4-11H2,1-3H3. The Kier molecular flexibility index (Phi) is 11.4. The van der Waals surface area contributed by atoms with Gasteiger partial charge in [0.2, 0.25) is 0 Å². The second-order valence-corrected chi connectivity index (χ2v) is 6.73. The third-order valence-electron chi connectivity index (χ3n) is 3.25. The van der Waals surface area contributed by atoms with Crippen molar-refractivity contribution in [3.05, 3.63) is 31.3 Å². The Hall–Kier alpha value is -2.64. The largest absolute Gasteiger partial charge is 0.460 e. The van der Waals surface area contributed by atoms with Crippen LogP contribution in [0, 0.1) is 5.41 Å². The van der Waals surface area contributed by atoms with Gasteiger partial charge in [-0.15, -0.1) is 0 Å². The van der Waals surface area contributed by atoms with Crippen molar-refractivity contribution in [3.8, 4) is 0 Å². The van der Waals surface area contributed by atoms with Crippen molar-refractivity contribution in [1.82, 2.24) is 0 Å². The van der Waals surface area contributed by atoms with E-state index >= 15 is 0 Å². The summed E-state index contributed by atoms with van der Waals surface area (Å²) in [5.41, 5.74) is 24.3. The zero-order valence-corrected chi connectivity index (χ0v) is 15.4. The zero-order chi connectivity index (χ0) is 19.9. The third-order valence-corrected chi connectivity index (χ3v) is 3.25. The van der Waals surface area contributed by atoms with Crippen LogP contribution in [0.1, 0.15) is 40.0 Å². The Morgan fingerprint density at radius 2 is 1.58 bits per heavy atom. The number of esters is 1. The van der Waals surface area contributed by atoms with Gasteiger partial charge in [0.25, 0.3) is 0 Å². The maximum atomic E-state index is 11.7. The van der Waals surface area contributed by atoms with Crippen molar-refractivity contribution < 1.29 is 14.3 Å². The van der Waals surface area contributed by atoms with E-state index < -0.39 is 11.0 Å². The molecule has 0 spiro atoms. The van der Waals surface area contributed by atoms with Gasteiger partial charge in [0.1, 0.15) is 5.60 Å². The predicted octanol–water partition coefficient (Wildman–Crippen LogP) is 4.43. The highest BCUT2D eigenvalue weighted by molar-refractivity contribution is 5.69. The molecule has 0 aliphatic carbocycles. The van der Waals surface area contributed by atoms with Gasteiger partial charge in [-0.3, -0.25) is 4.79 Å². The average molecular weight is 367 g/mol. The molecule has 0 aromatic heterocycles. The molecule has 0 saturated carbocycles. The van der Waals surface area contributed by atoms with Crippen LogP contribution in [0.4, 0.5) is 0 Å². The Morgan fingerprint density at radius 1 is 1.00 bits per heavy atom. The first-order valence-electron chi connectivity index (χ1n) is 8.11. The molecular weight excluding hydrogens is 342 g/mol. The summed E-state index contributed by atoms with van der Waals surface area (Å²) in [7, 11) is 0. The van der Waals surface area contributed by atoms with Gasteiger partial charge in [-0.2, -0.15) is 0 Å². The molecule has 0 aromatic carbocycles. The number of ether oxygens (including phenoxy) is 2. The minimum Gasteiger partial charge on any atom is -0.460 e. The molecule has 0 unspecified atom stereocenters. The Bertz CT molecular complexity index is 563. The zero-order valence-electron chi connectivity index (χ0n) is 15.4. The highest BCUT2D eigenvalue weighted by atomic mass is 16.6. The molecule has 0 aliphatic rings. The van der Waals surface area contributed by atoms with Crippen LogP contribution in [0.25, 0.3) is 31.3 Å². The highest BCUT2D eigenvalue weighted by Crippen LogP contribution is 2.27. The number of hydrogen-bond donors (Lipinski definition) is 0. The van der Waals surface area contributed by atoms with Gasteiger partial charge in [-0.25, -0.2) is 0 Å². The van der Waals surface area contributed by atoms with Gasteiger partial charge in [0.15, 0.2) is 0 Å². The molecule has 12 heteroatoms. The predicted molar refractivity (Wildman–Crippen MR) is 95.0 cm³/mol. The fourth-order valence-electron chi connectivity index (χ4n) is 2.14. The molecule has 0 atom stereocenters. The molecule has 26 heavy (non-hydrogen) atoms. The summed E-state index contributed by atoms with van der Waals surface area (Å²) in [5.74, 6) is -0.378. The van der Waals surface area contributed by atoms with Crippen molar-refractivity contribution in [2.45, 2.75) is 45.6 Å². The molecule has 144 valence electrons. The second-order valence-electron chi connectivity index (χ2n) is 6.73. The van der Waals surface area contributed by atoms with Crippen LogP contribution < -0.4 is 0 Å². The van der Waals surface area contributed by atoms with E-state index in [1.54, 1.807) is 20.8 Å². The first kappa shape index (κ1) is 23.4. The molecule has 12 nitrogen and oxygen atoms in total. The topological polar surface area (TPSA) is 182 Å². The van der Waals surface area contributed by atoms with E-state index in [0.717, 1.165) is 0 Å². The summed E-state index contributed by atoms with van der Waals surface area (Å²) in [6.45, 7) is 5.98. The fraction of sp³-hybridized carbons (Fsp3) is 0.929. The first-order valence-corrected chi connectivity index (χ1v) is 8.11. The minimum atomic E-state index is -0.725. The van der Waals surface area contributed by atoms with Gasteiger partial charge in [0.05, 0.1) is 19.6 Å². The molecule has 0 radical (unpaired) electrons. The van der Waals surface area contributed by atoms with Gasteiger partial charge in [0, 0.05) is 39.8 Å². The van der Waals surface area contributed by atoms with Crippen LogP contribution in [0.2, 0.25) is 0 Å². The quantitative estimate of drug-likeness (QED) is 0.154. The van der Waals surface area contributed by atoms with Crippen molar-refractivity contribution in [2.24, 2.45) is 20.8 Å². The van der Waals surface area contributed by atoms with Crippen molar-refractivity contribution in [3.63, 3.8) is 0 Å². The smallest absolute Gasteiger partial charge is 0.308 e. The van der Waals surface area contributed by atoms with E-state index in [0.29, 0.717) is 12.8 Å². The van der Waals surface area contributed by atoms with Crippen LogP contribution in [-0.4, -0.2) is 44.4 Å². The minimum absolute atomic E-state index is 0.0607. The maximum Gasteiger partial charge on any atom is 0.308 e. The molecule has 0 aliphatic heterocycles. The molecule has 0 rings (SSSR count). The van der Waals surface area contributed by atoms with Gasteiger partial charge in [-0.05, 0) is 50.2 Å². The molecule has 0 amide bonds. The SMILES string of the molecule is CC(C)(C)OC(=O)CCOCC(CCCN=[N+]=[N-])(CN=[N+]=[N-])CN=[N+]=[N-]. The summed E-state index contributed by atoms with van der Waals surface area (Å²) in [6, 6.07) is 0. The van der Waals surface area contributed by atoms with Crippen molar-refractivity contribution >= 4 is 5.97 Å². The third kappa shape index (κ3) is 11.8. The summed E-state index contributed by atoms with van der Waals surface area (Å²) in [4.78, 5) is 19.9. The van der Waals surface area contributed by atoms with E-state index in [1.807, 2.05) is 0 Å². The number of carbonyl (C=O) groups is 1. The van der Waals surface area contributed by atoms with Crippen LogP contribution in [0.5, 0.6) is 0 Å². The number of nitrogens with zero attached hydrogens (tertiary/aromatic N) is 9. The Balaban J connectivity index is 4.78. The lowest BCUT2D eigenvalue weighted by Gasteiger charge is -2.30. The molecule has 0 saturated heterocycles. The van der Waals surface area contributed by atoms with Crippen LogP contribution in [0.3, 0.4) is 0 Å². The summed E-state index contributed by atoms with van der Waals surface area (Å²) in [5, 5.41) is 10.6. The van der Waals surface area contributed by atoms with Crippen LogP contribution in [0.15, 0.2) is 15.3 Å². The lowest BCUT2D eigenvalue weighted by Crippen LogP contribution is -2.34. The maximum absolute atomic E-state index is 11.7. The van der Waals surface area contributed by atoms with Gasteiger partial charge >= 0.3 is 5.97 Å². The van der Waals surface area contributed by atoms with Crippen LogP contribution >= 0.6 is 0 Å². The summed E-state index contributed by atoms with van der Waals surface area (Å²) >= 11 is 0. The van der Waals surface area contributed by atoms with Gasteiger partial charge < -0.3 is 9.47 Å². The van der Waals surface area contributed by atoms with Crippen molar-refractivity contribution in [2.75, 3.05) is 32.8 Å². The van der Waals surface area contributed by atoms with E-state index in [2.05, 4.69) is 30.1 Å². The van der Waals surface area contributed by atoms with E-state index in [4.69, 9.17) is 26.1 Å². The molecule has 0 fully saturated rings. The monoisotopic (exact) mass is 367 g/mol.